The number of nitrogens with zero attached hydrogens (tertiary/aromatic N) is 2. The molecule has 4 nitrogen and oxygen atoms in total. The van der Waals surface area contributed by atoms with Gasteiger partial charge in [0.05, 0.1) is 0 Å². The summed E-state index contributed by atoms with van der Waals surface area (Å²) >= 11 is 3.06. The number of carbonyl (C=O) groups excluding carboxylic acids is 1. The summed E-state index contributed by atoms with van der Waals surface area (Å²) in [7, 11) is 0. The molecular formula is C10H11N3OS2. The van der Waals surface area contributed by atoms with E-state index in [0.29, 0.717) is 11.6 Å². The van der Waals surface area contributed by atoms with E-state index in [2.05, 4.69) is 15.5 Å². The number of nitrogens with one attached hydrogen (secondary N) is 1. The summed E-state index contributed by atoms with van der Waals surface area (Å²) in [6, 6.07) is 4.03. The molecule has 0 spiro atoms. The van der Waals surface area contributed by atoms with Gasteiger partial charge in [0, 0.05) is 11.3 Å². The van der Waals surface area contributed by atoms with Crippen LogP contribution in [0.2, 0.25) is 0 Å². The minimum absolute atomic E-state index is 0.00968. The number of aryl methyl sites for hydroxylation is 2. The van der Waals surface area contributed by atoms with Crippen LogP contribution in [0.1, 0.15) is 16.3 Å². The molecule has 84 valence electrons. The highest BCUT2D eigenvalue weighted by molar-refractivity contribution is 7.15. The van der Waals surface area contributed by atoms with Crippen molar-refractivity contribution in [2.24, 2.45) is 0 Å². The number of carbonyl (C=O) groups is 1. The summed E-state index contributed by atoms with van der Waals surface area (Å²) < 4.78 is 0. The molecule has 2 heterocycles. The van der Waals surface area contributed by atoms with Crippen LogP contribution in [0.15, 0.2) is 17.5 Å². The normalized spacial score (nSPS) is 10.3. The molecule has 6 heteroatoms. The molecule has 0 aromatic carbocycles. The first kappa shape index (κ1) is 11.2. The molecule has 1 N–H and O–H groups in total. The smallest absolute Gasteiger partial charge is 0.226 e. The summed E-state index contributed by atoms with van der Waals surface area (Å²) in [5.41, 5.74) is 0. The van der Waals surface area contributed by atoms with Crippen molar-refractivity contribution < 1.29 is 4.79 Å². The minimum Gasteiger partial charge on any atom is -0.301 e. The summed E-state index contributed by atoms with van der Waals surface area (Å²) in [6.07, 6.45) is 1.26. The molecule has 0 saturated heterocycles. The molecule has 0 atom stereocenters. The summed E-state index contributed by atoms with van der Waals surface area (Å²) in [5.74, 6) is -0.00968. The molecule has 2 rings (SSSR count). The first-order valence-corrected chi connectivity index (χ1v) is 6.56. The maximum Gasteiger partial charge on any atom is 0.226 e. The van der Waals surface area contributed by atoms with Gasteiger partial charge in [0.1, 0.15) is 5.01 Å². The Labute approximate surface area is 101 Å². The van der Waals surface area contributed by atoms with Crippen molar-refractivity contribution in [2.45, 2.75) is 19.8 Å². The second-order valence-corrected chi connectivity index (χ2v) is 5.47. The van der Waals surface area contributed by atoms with Crippen LogP contribution in [0.4, 0.5) is 5.13 Å². The van der Waals surface area contributed by atoms with Crippen LogP contribution in [-0.2, 0) is 11.2 Å². The van der Waals surface area contributed by atoms with Crippen LogP contribution in [0.3, 0.4) is 0 Å². The van der Waals surface area contributed by atoms with Gasteiger partial charge in [-0.15, -0.1) is 21.5 Å². The zero-order chi connectivity index (χ0) is 11.4. The SMILES string of the molecule is Cc1nnc(NC(=O)CCc2cccs2)s1. The topological polar surface area (TPSA) is 54.9 Å². The zero-order valence-corrected chi connectivity index (χ0v) is 10.4. The molecule has 0 aliphatic heterocycles. The van der Waals surface area contributed by atoms with E-state index < -0.39 is 0 Å². The van der Waals surface area contributed by atoms with E-state index in [4.69, 9.17) is 0 Å². The Balaban J connectivity index is 1.81. The number of hydrogen-bond donors (Lipinski definition) is 1. The summed E-state index contributed by atoms with van der Waals surface area (Å²) in [5, 5.41) is 13.9. The van der Waals surface area contributed by atoms with Gasteiger partial charge in [0.25, 0.3) is 0 Å². The lowest BCUT2D eigenvalue weighted by Gasteiger charge is -1.99. The Kier molecular flexibility index (Phi) is 3.63. The standard InChI is InChI=1S/C10H11N3OS2/c1-7-12-13-10(16-7)11-9(14)5-4-8-3-2-6-15-8/h2-3,6H,4-5H2,1H3,(H,11,13,14). The second kappa shape index (κ2) is 5.18. The number of anilines is 1. The summed E-state index contributed by atoms with van der Waals surface area (Å²) in [6.45, 7) is 1.86. The monoisotopic (exact) mass is 253 g/mol. The molecule has 0 aliphatic rings. The van der Waals surface area contributed by atoms with Crippen molar-refractivity contribution in [3.05, 3.63) is 27.4 Å². The average molecular weight is 253 g/mol. The van der Waals surface area contributed by atoms with E-state index in [0.717, 1.165) is 11.4 Å². The average Bonchev–Trinajstić information content (AvgIpc) is 2.87. The largest absolute Gasteiger partial charge is 0.301 e. The highest BCUT2D eigenvalue weighted by Gasteiger charge is 2.06. The molecule has 2 aromatic rings. The predicted octanol–water partition coefficient (Wildman–Crippen LogP) is 2.48. The molecular weight excluding hydrogens is 242 g/mol. The highest BCUT2D eigenvalue weighted by Crippen LogP contribution is 2.15. The molecule has 0 radical (unpaired) electrons. The molecule has 0 unspecified atom stereocenters. The van der Waals surface area contributed by atoms with Crippen LogP contribution >= 0.6 is 22.7 Å². The van der Waals surface area contributed by atoms with Gasteiger partial charge in [-0.1, -0.05) is 17.4 Å². The number of aromatic nitrogens is 2. The number of rotatable bonds is 4. The van der Waals surface area contributed by atoms with Gasteiger partial charge in [-0.25, -0.2) is 0 Å². The maximum absolute atomic E-state index is 11.5. The van der Waals surface area contributed by atoms with Crippen LogP contribution in [0.25, 0.3) is 0 Å². The molecule has 1 amide bonds. The lowest BCUT2D eigenvalue weighted by molar-refractivity contribution is -0.116. The minimum atomic E-state index is -0.00968. The fourth-order valence-electron chi connectivity index (χ4n) is 1.22. The van der Waals surface area contributed by atoms with Crippen LogP contribution in [0.5, 0.6) is 0 Å². The van der Waals surface area contributed by atoms with Gasteiger partial charge >= 0.3 is 0 Å². The van der Waals surface area contributed by atoms with Crippen molar-refractivity contribution in [3.8, 4) is 0 Å². The van der Waals surface area contributed by atoms with E-state index in [9.17, 15) is 4.79 Å². The van der Waals surface area contributed by atoms with E-state index in [1.54, 1.807) is 11.3 Å². The van der Waals surface area contributed by atoms with Crippen LogP contribution in [-0.4, -0.2) is 16.1 Å². The van der Waals surface area contributed by atoms with Crippen molar-refractivity contribution in [3.63, 3.8) is 0 Å². The third-order valence-electron chi connectivity index (χ3n) is 1.95. The van der Waals surface area contributed by atoms with Gasteiger partial charge in [0.2, 0.25) is 11.0 Å². The quantitative estimate of drug-likeness (QED) is 0.910. The molecule has 0 aliphatic carbocycles. The Hall–Kier alpha value is -1.27. The molecule has 2 aromatic heterocycles. The van der Waals surface area contributed by atoms with Crippen molar-refractivity contribution in [2.75, 3.05) is 5.32 Å². The lowest BCUT2D eigenvalue weighted by atomic mass is 10.2. The van der Waals surface area contributed by atoms with Gasteiger partial charge in [0.15, 0.2) is 0 Å². The van der Waals surface area contributed by atoms with Crippen molar-refractivity contribution >= 4 is 33.7 Å². The van der Waals surface area contributed by atoms with Crippen molar-refractivity contribution in [1.82, 2.24) is 10.2 Å². The third kappa shape index (κ3) is 3.11. The Morgan fingerprint density at radius 3 is 3.00 bits per heavy atom. The van der Waals surface area contributed by atoms with Crippen LogP contribution in [0, 0.1) is 6.92 Å². The number of amides is 1. The number of hydrogen-bond acceptors (Lipinski definition) is 5. The van der Waals surface area contributed by atoms with Crippen LogP contribution < -0.4 is 5.32 Å². The molecule has 0 saturated carbocycles. The third-order valence-corrected chi connectivity index (χ3v) is 3.64. The van der Waals surface area contributed by atoms with E-state index in [1.165, 1.54) is 16.2 Å². The van der Waals surface area contributed by atoms with E-state index in [-0.39, 0.29) is 5.91 Å². The number of thiophene rings is 1. The van der Waals surface area contributed by atoms with Gasteiger partial charge in [-0.05, 0) is 24.8 Å². The van der Waals surface area contributed by atoms with Gasteiger partial charge in [-0.2, -0.15) is 0 Å². The highest BCUT2D eigenvalue weighted by atomic mass is 32.1. The second-order valence-electron chi connectivity index (χ2n) is 3.25. The fourth-order valence-corrected chi connectivity index (χ4v) is 2.54. The molecule has 16 heavy (non-hydrogen) atoms. The Morgan fingerprint density at radius 1 is 1.50 bits per heavy atom. The van der Waals surface area contributed by atoms with E-state index >= 15 is 0 Å². The summed E-state index contributed by atoms with van der Waals surface area (Å²) in [4.78, 5) is 12.8. The molecule has 0 bridgehead atoms. The fraction of sp³-hybridized carbons (Fsp3) is 0.300. The first-order chi connectivity index (χ1) is 7.74. The Bertz CT molecular complexity index is 464. The lowest BCUT2D eigenvalue weighted by Crippen LogP contribution is -2.11. The molecule has 0 fully saturated rings. The first-order valence-electron chi connectivity index (χ1n) is 4.86. The van der Waals surface area contributed by atoms with Gasteiger partial charge < -0.3 is 5.32 Å². The van der Waals surface area contributed by atoms with Gasteiger partial charge in [-0.3, -0.25) is 4.79 Å². The predicted molar refractivity (Wildman–Crippen MR) is 65.9 cm³/mol. The zero-order valence-electron chi connectivity index (χ0n) is 8.77. The van der Waals surface area contributed by atoms with E-state index in [1.807, 2.05) is 24.4 Å². The maximum atomic E-state index is 11.5. The Morgan fingerprint density at radius 2 is 2.38 bits per heavy atom. The van der Waals surface area contributed by atoms with Crippen molar-refractivity contribution in [1.29, 1.82) is 0 Å².